The van der Waals surface area contributed by atoms with Gasteiger partial charge in [-0.3, -0.25) is 19.5 Å². The normalized spacial score (nSPS) is 17.0. The average molecular weight is 402 g/mol. The number of para-hydroxylation sites is 2. The molecule has 0 saturated carbocycles. The fourth-order valence-corrected chi connectivity index (χ4v) is 4.13. The van der Waals surface area contributed by atoms with Crippen LogP contribution in [0.5, 0.6) is 0 Å². The van der Waals surface area contributed by atoms with E-state index < -0.39 is 0 Å². The number of anilines is 1. The topological polar surface area (TPSA) is 88.3 Å². The van der Waals surface area contributed by atoms with Crippen LogP contribution in [0.4, 0.5) is 5.69 Å². The van der Waals surface area contributed by atoms with Crippen LogP contribution in [0.25, 0.3) is 10.9 Å². The van der Waals surface area contributed by atoms with Crippen LogP contribution in [-0.4, -0.2) is 34.8 Å². The van der Waals surface area contributed by atoms with Crippen LogP contribution in [0.1, 0.15) is 24.0 Å². The van der Waals surface area contributed by atoms with Crippen molar-refractivity contribution in [1.82, 2.24) is 9.88 Å². The Morgan fingerprint density at radius 1 is 1.07 bits per heavy atom. The molecule has 0 radical (unpaired) electrons. The molecule has 2 aromatic carbocycles. The number of nitrogens with zero attached hydrogens (tertiary/aromatic N) is 2. The highest BCUT2D eigenvalue weighted by atomic mass is 16.2. The number of carbonyl (C=O) groups excluding carboxylic acids is 2. The minimum absolute atomic E-state index is 0.0748. The van der Waals surface area contributed by atoms with Gasteiger partial charge in [-0.1, -0.05) is 42.5 Å². The van der Waals surface area contributed by atoms with Crippen LogP contribution in [0.15, 0.2) is 60.8 Å². The summed E-state index contributed by atoms with van der Waals surface area (Å²) in [5.41, 5.74) is 9.10. The van der Waals surface area contributed by atoms with Crippen LogP contribution < -0.4 is 11.1 Å². The van der Waals surface area contributed by atoms with Crippen molar-refractivity contribution in [3.8, 4) is 0 Å². The zero-order valence-corrected chi connectivity index (χ0v) is 16.9. The van der Waals surface area contributed by atoms with E-state index in [-0.39, 0.29) is 24.2 Å². The number of aromatic nitrogens is 1. The maximum atomic E-state index is 12.8. The number of fused-ring (bicyclic) bond motifs is 1. The monoisotopic (exact) mass is 402 g/mol. The van der Waals surface area contributed by atoms with Crippen LogP contribution in [0.3, 0.4) is 0 Å². The van der Waals surface area contributed by atoms with Gasteiger partial charge in [0.25, 0.3) is 0 Å². The molecule has 1 unspecified atom stereocenters. The minimum Gasteiger partial charge on any atom is -0.369 e. The van der Waals surface area contributed by atoms with Gasteiger partial charge in [0.05, 0.1) is 17.9 Å². The maximum Gasteiger partial charge on any atom is 0.228 e. The lowest BCUT2D eigenvalue weighted by Crippen LogP contribution is -2.40. The molecule has 154 valence electrons. The van der Waals surface area contributed by atoms with Crippen LogP contribution >= 0.6 is 0 Å². The highest BCUT2D eigenvalue weighted by molar-refractivity contribution is 5.95. The molecule has 1 saturated heterocycles. The number of nitrogens with one attached hydrogen (secondary N) is 1. The SMILES string of the molecule is NC(=O)C1CCCN(Cc2ccccc2NC(=O)Cc2cccc3cccnc23)C1. The molecular weight excluding hydrogens is 376 g/mol. The van der Waals surface area contributed by atoms with E-state index in [0.717, 1.165) is 47.1 Å². The molecule has 4 rings (SSSR count). The molecule has 6 nitrogen and oxygen atoms in total. The molecule has 1 aliphatic rings. The Bertz CT molecular complexity index is 1060. The summed E-state index contributed by atoms with van der Waals surface area (Å²) < 4.78 is 0. The molecule has 30 heavy (non-hydrogen) atoms. The van der Waals surface area contributed by atoms with Crippen LogP contribution in [-0.2, 0) is 22.6 Å². The van der Waals surface area contributed by atoms with Gasteiger partial charge >= 0.3 is 0 Å². The number of amides is 2. The van der Waals surface area contributed by atoms with Gasteiger partial charge in [-0.15, -0.1) is 0 Å². The lowest BCUT2D eigenvalue weighted by atomic mass is 9.97. The second kappa shape index (κ2) is 9.05. The van der Waals surface area contributed by atoms with E-state index in [0.29, 0.717) is 13.1 Å². The van der Waals surface area contributed by atoms with Crippen molar-refractivity contribution in [2.75, 3.05) is 18.4 Å². The number of hydrogen-bond acceptors (Lipinski definition) is 4. The van der Waals surface area contributed by atoms with Crippen molar-refractivity contribution in [3.05, 3.63) is 71.9 Å². The zero-order chi connectivity index (χ0) is 20.9. The summed E-state index contributed by atoms with van der Waals surface area (Å²) in [5, 5.41) is 4.09. The molecule has 2 amide bonds. The average Bonchev–Trinajstić information content (AvgIpc) is 2.75. The minimum atomic E-state index is -0.231. The number of primary amides is 1. The molecule has 2 heterocycles. The third kappa shape index (κ3) is 4.66. The third-order valence-electron chi connectivity index (χ3n) is 5.66. The summed E-state index contributed by atoms with van der Waals surface area (Å²) in [7, 11) is 0. The Balaban J connectivity index is 1.46. The molecule has 3 N–H and O–H groups in total. The van der Waals surface area contributed by atoms with Crippen molar-refractivity contribution < 1.29 is 9.59 Å². The van der Waals surface area contributed by atoms with Crippen molar-refractivity contribution in [1.29, 1.82) is 0 Å². The van der Waals surface area contributed by atoms with Gasteiger partial charge in [0, 0.05) is 30.4 Å². The molecule has 0 spiro atoms. The van der Waals surface area contributed by atoms with Gasteiger partial charge < -0.3 is 11.1 Å². The molecule has 0 bridgehead atoms. The van der Waals surface area contributed by atoms with E-state index in [4.69, 9.17) is 5.73 Å². The van der Waals surface area contributed by atoms with Gasteiger partial charge in [-0.25, -0.2) is 0 Å². The largest absolute Gasteiger partial charge is 0.369 e. The molecule has 1 aliphatic heterocycles. The van der Waals surface area contributed by atoms with E-state index in [9.17, 15) is 9.59 Å². The number of nitrogens with two attached hydrogens (primary N) is 1. The van der Waals surface area contributed by atoms with Gasteiger partial charge in [0.1, 0.15) is 0 Å². The smallest absolute Gasteiger partial charge is 0.228 e. The Labute approximate surface area is 176 Å². The number of likely N-dealkylation sites (tertiary alicyclic amines) is 1. The van der Waals surface area contributed by atoms with Crippen LogP contribution in [0.2, 0.25) is 0 Å². The fraction of sp³-hybridized carbons (Fsp3) is 0.292. The van der Waals surface area contributed by atoms with E-state index in [1.165, 1.54) is 0 Å². The first-order valence-electron chi connectivity index (χ1n) is 10.3. The lowest BCUT2D eigenvalue weighted by Gasteiger charge is -2.31. The number of benzene rings is 2. The summed E-state index contributed by atoms with van der Waals surface area (Å²) in [6.07, 6.45) is 3.81. The van der Waals surface area contributed by atoms with Gasteiger partial charge in [0.15, 0.2) is 0 Å². The fourth-order valence-electron chi connectivity index (χ4n) is 4.13. The first-order valence-corrected chi connectivity index (χ1v) is 10.3. The van der Waals surface area contributed by atoms with Gasteiger partial charge in [0.2, 0.25) is 11.8 Å². The molecule has 0 aliphatic carbocycles. The highest BCUT2D eigenvalue weighted by Crippen LogP contribution is 2.23. The first-order chi connectivity index (χ1) is 14.6. The van der Waals surface area contributed by atoms with E-state index in [1.54, 1.807) is 6.20 Å². The second-order valence-electron chi connectivity index (χ2n) is 7.85. The number of carbonyl (C=O) groups is 2. The molecule has 1 atom stereocenters. The molecule has 6 heteroatoms. The number of piperidine rings is 1. The van der Waals surface area contributed by atoms with Gasteiger partial charge in [-0.05, 0) is 42.6 Å². The number of hydrogen-bond donors (Lipinski definition) is 2. The quantitative estimate of drug-likeness (QED) is 0.663. The highest BCUT2D eigenvalue weighted by Gasteiger charge is 2.24. The van der Waals surface area contributed by atoms with E-state index in [1.807, 2.05) is 54.6 Å². The van der Waals surface area contributed by atoms with Crippen LogP contribution in [0, 0.1) is 5.92 Å². The molecule has 1 fully saturated rings. The Kier molecular flexibility index (Phi) is 6.05. The zero-order valence-electron chi connectivity index (χ0n) is 16.9. The molecular formula is C24H26N4O2. The second-order valence-corrected chi connectivity index (χ2v) is 7.85. The van der Waals surface area contributed by atoms with Crippen molar-refractivity contribution in [2.45, 2.75) is 25.8 Å². The van der Waals surface area contributed by atoms with Gasteiger partial charge in [-0.2, -0.15) is 0 Å². The molecule has 1 aromatic heterocycles. The Morgan fingerprint density at radius 2 is 1.87 bits per heavy atom. The first kappa shape index (κ1) is 20.0. The lowest BCUT2D eigenvalue weighted by molar-refractivity contribution is -0.123. The van der Waals surface area contributed by atoms with E-state index >= 15 is 0 Å². The summed E-state index contributed by atoms with van der Waals surface area (Å²) in [4.78, 5) is 31.0. The number of rotatable bonds is 6. The third-order valence-corrected chi connectivity index (χ3v) is 5.66. The Hall–Kier alpha value is -3.25. The molecule has 3 aromatic rings. The summed E-state index contributed by atoms with van der Waals surface area (Å²) in [5.74, 6) is -0.404. The van der Waals surface area contributed by atoms with E-state index in [2.05, 4.69) is 15.2 Å². The predicted octanol–water partition coefficient (Wildman–Crippen LogP) is 3.11. The summed E-state index contributed by atoms with van der Waals surface area (Å²) in [6.45, 7) is 2.27. The summed E-state index contributed by atoms with van der Waals surface area (Å²) >= 11 is 0. The maximum absolute atomic E-state index is 12.8. The van der Waals surface area contributed by atoms with Crippen molar-refractivity contribution in [3.63, 3.8) is 0 Å². The number of pyridine rings is 1. The summed E-state index contributed by atoms with van der Waals surface area (Å²) in [6, 6.07) is 17.6. The Morgan fingerprint density at radius 3 is 2.73 bits per heavy atom. The van der Waals surface area contributed by atoms with Crippen molar-refractivity contribution >= 4 is 28.4 Å². The standard InChI is InChI=1S/C24H26N4O2/c25-24(30)20-10-5-13-28(16-20)15-19-6-1-2-11-21(19)27-22(29)14-18-8-3-7-17-9-4-12-26-23(17)18/h1-4,6-9,11-12,20H,5,10,13-16H2,(H2,25,30)(H,27,29). The van der Waals surface area contributed by atoms with Crippen molar-refractivity contribution in [2.24, 2.45) is 11.7 Å². The predicted molar refractivity (Wildman–Crippen MR) is 118 cm³/mol.